The van der Waals surface area contributed by atoms with Crippen molar-refractivity contribution < 1.29 is 9.47 Å². The highest BCUT2D eigenvalue weighted by molar-refractivity contribution is 4.85. The van der Waals surface area contributed by atoms with Crippen LogP contribution in [0.15, 0.2) is 0 Å². The van der Waals surface area contributed by atoms with E-state index >= 15 is 0 Å². The number of rotatable bonds is 7. The number of nitrogens with zero attached hydrogens (tertiary/aromatic N) is 1. The van der Waals surface area contributed by atoms with Gasteiger partial charge in [-0.25, -0.2) is 0 Å². The molecule has 0 spiro atoms. The summed E-state index contributed by atoms with van der Waals surface area (Å²) in [5.41, 5.74) is 5.92. The Labute approximate surface area is 99.1 Å². The number of ether oxygens (including phenoxy) is 2. The second-order valence-corrected chi connectivity index (χ2v) is 4.56. The summed E-state index contributed by atoms with van der Waals surface area (Å²) in [5.74, 6) is 0.587. The third-order valence-electron chi connectivity index (χ3n) is 3.52. The monoisotopic (exact) mass is 230 g/mol. The van der Waals surface area contributed by atoms with Gasteiger partial charge in [0, 0.05) is 38.3 Å². The van der Waals surface area contributed by atoms with Crippen LogP contribution in [0.25, 0.3) is 0 Å². The number of methoxy groups -OCH3 is 1. The van der Waals surface area contributed by atoms with Crippen molar-refractivity contribution in [2.45, 2.75) is 32.4 Å². The van der Waals surface area contributed by atoms with E-state index in [1.807, 2.05) is 0 Å². The average molecular weight is 230 g/mol. The van der Waals surface area contributed by atoms with Gasteiger partial charge in [0.25, 0.3) is 0 Å². The minimum atomic E-state index is 0.421. The lowest BCUT2D eigenvalue weighted by molar-refractivity contribution is 0.0499. The second-order valence-electron chi connectivity index (χ2n) is 4.56. The molecule has 0 aromatic rings. The molecule has 4 nitrogen and oxygen atoms in total. The van der Waals surface area contributed by atoms with Crippen LogP contribution in [0.2, 0.25) is 0 Å². The summed E-state index contributed by atoms with van der Waals surface area (Å²) >= 11 is 0. The third-order valence-corrected chi connectivity index (χ3v) is 3.52. The van der Waals surface area contributed by atoms with Crippen LogP contribution < -0.4 is 5.73 Å². The van der Waals surface area contributed by atoms with Crippen molar-refractivity contribution in [3.63, 3.8) is 0 Å². The molecule has 16 heavy (non-hydrogen) atoms. The van der Waals surface area contributed by atoms with Gasteiger partial charge in [-0.15, -0.1) is 0 Å². The molecule has 1 aliphatic heterocycles. The lowest BCUT2D eigenvalue weighted by Gasteiger charge is -2.37. The van der Waals surface area contributed by atoms with Crippen molar-refractivity contribution in [3.05, 3.63) is 0 Å². The molecule has 0 aliphatic carbocycles. The van der Waals surface area contributed by atoms with E-state index in [-0.39, 0.29) is 0 Å². The van der Waals surface area contributed by atoms with E-state index in [1.165, 1.54) is 0 Å². The van der Waals surface area contributed by atoms with E-state index in [0.717, 1.165) is 32.8 Å². The SMILES string of the molecule is CCN(C(C)COC)C(CN)C1CCOC1. The highest BCUT2D eigenvalue weighted by Gasteiger charge is 2.31. The van der Waals surface area contributed by atoms with Crippen LogP contribution in [0, 0.1) is 5.92 Å². The van der Waals surface area contributed by atoms with Crippen LogP contribution in [-0.4, -0.2) is 57.0 Å². The predicted octanol–water partition coefficient (Wildman–Crippen LogP) is 0.707. The van der Waals surface area contributed by atoms with Gasteiger partial charge in [0.1, 0.15) is 0 Å². The fraction of sp³-hybridized carbons (Fsp3) is 1.00. The number of likely N-dealkylation sites (N-methyl/N-ethyl adjacent to an activating group) is 1. The highest BCUT2D eigenvalue weighted by Crippen LogP contribution is 2.22. The zero-order valence-electron chi connectivity index (χ0n) is 10.8. The average Bonchev–Trinajstić information content (AvgIpc) is 2.79. The molecule has 0 aromatic heterocycles. The van der Waals surface area contributed by atoms with Crippen LogP contribution in [0.5, 0.6) is 0 Å². The molecule has 2 N–H and O–H groups in total. The molecular formula is C12H26N2O2. The Hall–Kier alpha value is -0.160. The molecule has 4 heteroatoms. The summed E-state index contributed by atoms with van der Waals surface area (Å²) in [7, 11) is 1.75. The fourth-order valence-electron chi connectivity index (χ4n) is 2.66. The van der Waals surface area contributed by atoms with Crippen molar-refractivity contribution in [1.82, 2.24) is 4.90 Å². The van der Waals surface area contributed by atoms with Crippen molar-refractivity contribution in [1.29, 1.82) is 0 Å². The molecule has 1 saturated heterocycles. The van der Waals surface area contributed by atoms with Crippen molar-refractivity contribution in [2.75, 3.05) is 40.0 Å². The number of nitrogens with two attached hydrogens (primary N) is 1. The molecule has 0 aromatic carbocycles. The zero-order valence-corrected chi connectivity index (χ0v) is 10.8. The number of hydrogen-bond acceptors (Lipinski definition) is 4. The molecule has 1 rings (SSSR count). The van der Waals surface area contributed by atoms with Crippen molar-refractivity contribution in [3.8, 4) is 0 Å². The van der Waals surface area contributed by atoms with Gasteiger partial charge in [-0.1, -0.05) is 6.92 Å². The number of hydrogen-bond donors (Lipinski definition) is 1. The van der Waals surface area contributed by atoms with Crippen LogP contribution in [0.1, 0.15) is 20.3 Å². The standard InChI is InChI=1S/C12H26N2O2/c1-4-14(10(2)8-15-3)12(7-13)11-5-6-16-9-11/h10-12H,4-9,13H2,1-3H3. The van der Waals surface area contributed by atoms with Gasteiger partial charge in [0.2, 0.25) is 0 Å². The Morgan fingerprint density at radius 3 is 2.75 bits per heavy atom. The van der Waals surface area contributed by atoms with Gasteiger partial charge in [0.15, 0.2) is 0 Å². The summed E-state index contributed by atoms with van der Waals surface area (Å²) in [5, 5.41) is 0. The summed E-state index contributed by atoms with van der Waals surface area (Å²) < 4.78 is 10.7. The topological polar surface area (TPSA) is 47.7 Å². The third kappa shape index (κ3) is 3.42. The molecule has 1 aliphatic rings. The molecule has 0 bridgehead atoms. The molecule has 1 heterocycles. The second kappa shape index (κ2) is 7.22. The molecular weight excluding hydrogens is 204 g/mol. The Morgan fingerprint density at radius 1 is 1.56 bits per heavy atom. The van der Waals surface area contributed by atoms with Crippen LogP contribution in [0.3, 0.4) is 0 Å². The summed E-state index contributed by atoms with van der Waals surface area (Å²) in [6.45, 7) is 8.61. The first-order chi connectivity index (χ1) is 7.74. The highest BCUT2D eigenvalue weighted by atomic mass is 16.5. The van der Waals surface area contributed by atoms with E-state index in [2.05, 4.69) is 18.7 Å². The first kappa shape index (κ1) is 13.9. The fourth-order valence-corrected chi connectivity index (χ4v) is 2.66. The van der Waals surface area contributed by atoms with Crippen molar-refractivity contribution >= 4 is 0 Å². The Morgan fingerprint density at radius 2 is 2.31 bits per heavy atom. The minimum absolute atomic E-state index is 0.421. The van der Waals surface area contributed by atoms with Crippen molar-refractivity contribution in [2.24, 2.45) is 11.7 Å². The van der Waals surface area contributed by atoms with E-state index < -0.39 is 0 Å². The summed E-state index contributed by atoms with van der Waals surface area (Å²) in [4.78, 5) is 2.45. The largest absolute Gasteiger partial charge is 0.383 e. The Bertz CT molecular complexity index is 184. The lowest BCUT2D eigenvalue weighted by atomic mass is 9.96. The van der Waals surface area contributed by atoms with Crippen LogP contribution in [-0.2, 0) is 9.47 Å². The van der Waals surface area contributed by atoms with Gasteiger partial charge in [-0.3, -0.25) is 4.90 Å². The first-order valence-electron chi connectivity index (χ1n) is 6.27. The van der Waals surface area contributed by atoms with E-state index in [9.17, 15) is 0 Å². The summed E-state index contributed by atoms with van der Waals surface area (Å²) in [6, 6.07) is 0.849. The lowest BCUT2D eigenvalue weighted by Crippen LogP contribution is -2.51. The molecule has 0 saturated carbocycles. The van der Waals surface area contributed by atoms with E-state index in [1.54, 1.807) is 7.11 Å². The Kier molecular flexibility index (Phi) is 6.28. The predicted molar refractivity (Wildman–Crippen MR) is 65.5 cm³/mol. The zero-order chi connectivity index (χ0) is 12.0. The molecule has 3 unspecified atom stereocenters. The van der Waals surface area contributed by atoms with E-state index in [0.29, 0.717) is 24.5 Å². The minimum Gasteiger partial charge on any atom is -0.383 e. The molecule has 3 atom stereocenters. The molecule has 0 radical (unpaired) electrons. The quantitative estimate of drug-likeness (QED) is 0.699. The maximum Gasteiger partial charge on any atom is 0.0615 e. The molecule has 0 amide bonds. The smallest absolute Gasteiger partial charge is 0.0615 e. The van der Waals surface area contributed by atoms with Gasteiger partial charge in [-0.2, -0.15) is 0 Å². The maximum absolute atomic E-state index is 5.92. The maximum atomic E-state index is 5.92. The van der Waals surface area contributed by atoms with Gasteiger partial charge in [0.05, 0.1) is 13.2 Å². The van der Waals surface area contributed by atoms with E-state index in [4.69, 9.17) is 15.2 Å². The van der Waals surface area contributed by atoms with Gasteiger partial charge < -0.3 is 15.2 Å². The normalized spacial score (nSPS) is 24.9. The van der Waals surface area contributed by atoms with Gasteiger partial charge in [-0.05, 0) is 19.9 Å². The summed E-state index contributed by atoms with van der Waals surface area (Å²) in [6.07, 6.45) is 1.14. The molecule has 1 fully saturated rings. The van der Waals surface area contributed by atoms with Gasteiger partial charge >= 0.3 is 0 Å². The van der Waals surface area contributed by atoms with Crippen LogP contribution in [0.4, 0.5) is 0 Å². The first-order valence-corrected chi connectivity index (χ1v) is 6.27. The Balaban J connectivity index is 2.58. The van der Waals surface area contributed by atoms with Crippen LogP contribution >= 0.6 is 0 Å². The molecule has 96 valence electrons.